The second-order valence-corrected chi connectivity index (χ2v) is 11.3. The quantitative estimate of drug-likeness (QED) is 0.292. The molecule has 14 heteroatoms. The van der Waals surface area contributed by atoms with Crippen LogP contribution in [-0.4, -0.2) is 93.9 Å². The molecule has 1 atom stereocenters. The van der Waals surface area contributed by atoms with E-state index >= 15 is 0 Å². The fourth-order valence-electron chi connectivity index (χ4n) is 5.48. The third-order valence-electron chi connectivity index (χ3n) is 7.54. The minimum absolute atomic E-state index is 0.101. The van der Waals surface area contributed by atoms with Crippen LogP contribution in [0.3, 0.4) is 0 Å². The Morgan fingerprint density at radius 2 is 1.93 bits per heavy atom. The highest BCUT2D eigenvalue weighted by Crippen LogP contribution is 2.30. The van der Waals surface area contributed by atoms with Gasteiger partial charge in [0, 0.05) is 63.7 Å². The third kappa shape index (κ3) is 6.03. The number of piperazine rings is 1. The molecule has 0 saturated carbocycles. The van der Waals surface area contributed by atoms with E-state index in [1.165, 1.54) is 10.6 Å². The number of nitrogen functional groups attached to an aromatic ring is 1. The molecular weight excluding hydrogens is 552 g/mol. The molecule has 0 aliphatic carbocycles. The number of fused-ring (bicyclic) bond motifs is 1. The number of furan rings is 1. The van der Waals surface area contributed by atoms with E-state index < -0.39 is 11.6 Å². The largest absolute Gasteiger partial charge is 0.490 e. The van der Waals surface area contributed by atoms with Crippen LogP contribution >= 0.6 is 11.8 Å². The summed E-state index contributed by atoms with van der Waals surface area (Å²) in [6.07, 6.45) is 5.64. The van der Waals surface area contributed by atoms with Gasteiger partial charge in [0.1, 0.15) is 5.82 Å². The Labute approximate surface area is 240 Å². The Morgan fingerprint density at radius 1 is 1.07 bits per heavy atom. The molecule has 3 aromatic heterocycles. The molecule has 2 fully saturated rings. The van der Waals surface area contributed by atoms with E-state index in [9.17, 15) is 8.78 Å². The number of ether oxygens (including phenoxy) is 1. The second-order valence-electron chi connectivity index (χ2n) is 10.3. The van der Waals surface area contributed by atoms with Crippen LogP contribution in [0.5, 0.6) is 5.75 Å². The van der Waals surface area contributed by atoms with Crippen LogP contribution < -0.4 is 20.3 Å². The van der Waals surface area contributed by atoms with Gasteiger partial charge >= 0.3 is 0 Å². The summed E-state index contributed by atoms with van der Waals surface area (Å²) in [7, 11) is 0. The normalized spacial score (nSPS) is 18.4. The summed E-state index contributed by atoms with van der Waals surface area (Å²) in [5.41, 5.74) is 6.61. The first kappa shape index (κ1) is 27.5. The van der Waals surface area contributed by atoms with Crippen molar-refractivity contribution < 1.29 is 17.9 Å². The topological polar surface area (TPSA) is 114 Å². The summed E-state index contributed by atoms with van der Waals surface area (Å²) >= 11 is 1.61. The molecule has 0 amide bonds. The number of aromatic nitrogens is 5. The monoisotopic (exact) mass is 585 g/mol. The fourth-order valence-corrected chi connectivity index (χ4v) is 5.73. The van der Waals surface area contributed by atoms with E-state index in [1.54, 1.807) is 30.2 Å². The van der Waals surface area contributed by atoms with E-state index in [0.29, 0.717) is 54.6 Å². The summed E-state index contributed by atoms with van der Waals surface area (Å²) in [5, 5.41) is 4.38. The van der Waals surface area contributed by atoms with Crippen molar-refractivity contribution in [3.05, 3.63) is 42.2 Å². The zero-order chi connectivity index (χ0) is 28.3. The van der Waals surface area contributed by atoms with Crippen molar-refractivity contribution in [2.75, 3.05) is 80.0 Å². The number of hydrogen-bond acceptors (Lipinski definition) is 11. The molecule has 1 unspecified atom stereocenters. The maximum Gasteiger partial charge on any atom is 0.259 e. The van der Waals surface area contributed by atoms with E-state index in [-0.39, 0.29) is 11.7 Å². The lowest BCUT2D eigenvalue weighted by atomic mass is 9.97. The van der Waals surface area contributed by atoms with E-state index in [1.807, 2.05) is 11.2 Å². The van der Waals surface area contributed by atoms with Crippen molar-refractivity contribution in [3.8, 4) is 17.3 Å². The minimum atomic E-state index is -0.667. The lowest BCUT2D eigenvalue weighted by Crippen LogP contribution is -2.50. The predicted octanol–water partition coefficient (Wildman–Crippen LogP) is 3.42. The molecule has 0 spiro atoms. The molecule has 2 N–H and O–H groups in total. The van der Waals surface area contributed by atoms with Crippen LogP contribution in [0.2, 0.25) is 0 Å². The number of thioether (sulfide) groups is 1. The predicted molar refractivity (Wildman–Crippen MR) is 155 cm³/mol. The van der Waals surface area contributed by atoms with Crippen LogP contribution in [0.1, 0.15) is 12.8 Å². The van der Waals surface area contributed by atoms with Gasteiger partial charge in [0.05, 0.1) is 18.6 Å². The number of nitrogens with zero attached hydrogens (tertiary/aromatic N) is 8. The Bertz CT molecular complexity index is 1480. The number of nitrogens with two attached hydrogens (primary N) is 1. The Morgan fingerprint density at radius 3 is 2.71 bits per heavy atom. The van der Waals surface area contributed by atoms with Crippen LogP contribution in [0.25, 0.3) is 17.4 Å². The molecule has 11 nitrogen and oxygen atoms in total. The van der Waals surface area contributed by atoms with Crippen molar-refractivity contribution in [1.82, 2.24) is 29.5 Å². The Balaban J connectivity index is 1.07. The summed E-state index contributed by atoms with van der Waals surface area (Å²) in [4.78, 5) is 20.2. The zero-order valence-electron chi connectivity index (χ0n) is 22.9. The van der Waals surface area contributed by atoms with Gasteiger partial charge in [-0.05, 0) is 37.1 Å². The van der Waals surface area contributed by atoms with Gasteiger partial charge in [-0.3, -0.25) is 4.90 Å². The summed E-state index contributed by atoms with van der Waals surface area (Å²) in [6, 6.07) is 5.98. The average molecular weight is 586 g/mol. The van der Waals surface area contributed by atoms with Gasteiger partial charge < -0.3 is 24.7 Å². The van der Waals surface area contributed by atoms with Gasteiger partial charge in [0.25, 0.3) is 5.78 Å². The summed E-state index contributed by atoms with van der Waals surface area (Å²) < 4.78 is 41.3. The first-order chi connectivity index (χ1) is 20.0. The van der Waals surface area contributed by atoms with Crippen LogP contribution in [0, 0.1) is 17.6 Å². The molecular formula is C27H33F2N9O2S. The number of anilines is 3. The first-order valence-corrected chi connectivity index (χ1v) is 15.1. The standard InChI is InChI=1S/C27H33F2N9O2S/c1-41-13-12-40-23-15-21(19(28)14-20(23)29)36-9-7-35(8-10-36)16-18-4-2-6-37(17-18)26-32-25(30)38-27(33-26)31-24(34-38)22-5-3-11-39-22/h3,5,11,14-15,18H,2,4,6-10,12-13,16-17H2,1H3,(H2,30,31,32,33,34). The highest BCUT2D eigenvalue weighted by Gasteiger charge is 2.28. The second kappa shape index (κ2) is 12.1. The van der Waals surface area contributed by atoms with Crippen LogP contribution in [-0.2, 0) is 0 Å². The molecule has 2 aliphatic heterocycles. The highest BCUT2D eigenvalue weighted by atomic mass is 32.2. The molecule has 4 aromatic rings. The van der Waals surface area contributed by atoms with Crippen molar-refractivity contribution in [2.24, 2.45) is 5.92 Å². The van der Waals surface area contributed by atoms with Gasteiger partial charge in [-0.15, -0.1) is 5.10 Å². The van der Waals surface area contributed by atoms with Crippen molar-refractivity contribution in [3.63, 3.8) is 0 Å². The average Bonchev–Trinajstić information content (AvgIpc) is 3.66. The molecule has 5 heterocycles. The van der Waals surface area contributed by atoms with Gasteiger partial charge in [-0.25, -0.2) is 8.78 Å². The van der Waals surface area contributed by atoms with E-state index in [0.717, 1.165) is 57.4 Å². The van der Waals surface area contributed by atoms with Gasteiger partial charge in [-0.1, -0.05) is 0 Å². The lowest BCUT2D eigenvalue weighted by Gasteiger charge is -2.40. The minimum Gasteiger partial charge on any atom is -0.490 e. The number of halogens is 2. The smallest absolute Gasteiger partial charge is 0.259 e. The molecule has 0 bridgehead atoms. The molecule has 0 radical (unpaired) electrons. The van der Waals surface area contributed by atoms with Crippen molar-refractivity contribution in [2.45, 2.75) is 12.8 Å². The summed E-state index contributed by atoms with van der Waals surface area (Å²) in [6.45, 7) is 5.84. The molecule has 41 heavy (non-hydrogen) atoms. The highest BCUT2D eigenvalue weighted by molar-refractivity contribution is 7.98. The molecule has 218 valence electrons. The van der Waals surface area contributed by atoms with Crippen LogP contribution in [0.15, 0.2) is 34.9 Å². The van der Waals surface area contributed by atoms with Crippen LogP contribution in [0.4, 0.5) is 26.4 Å². The van der Waals surface area contributed by atoms with E-state index in [2.05, 4.69) is 29.9 Å². The first-order valence-electron chi connectivity index (χ1n) is 13.8. The van der Waals surface area contributed by atoms with Gasteiger partial charge in [0.15, 0.2) is 17.3 Å². The SMILES string of the molecule is CSCCOc1cc(N2CCN(CC3CCCN(c4nc(N)n5nc(-c6ccco6)nc5n4)C3)CC2)c(F)cc1F. The van der Waals surface area contributed by atoms with Gasteiger partial charge in [-0.2, -0.15) is 31.2 Å². The zero-order valence-corrected chi connectivity index (χ0v) is 23.7. The number of hydrogen-bond donors (Lipinski definition) is 1. The Hall–Kier alpha value is -3.65. The van der Waals surface area contributed by atoms with Gasteiger partial charge in [0.2, 0.25) is 17.7 Å². The lowest BCUT2D eigenvalue weighted by molar-refractivity contribution is 0.205. The number of rotatable bonds is 9. The fraction of sp³-hybridized carbons (Fsp3) is 0.481. The van der Waals surface area contributed by atoms with E-state index in [4.69, 9.17) is 14.9 Å². The van der Waals surface area contributed by atoms with Crippen molar-refractivity contribution >= 4 is 35.1 Å². The number of piperidine rings is 1. The number of benzene rings is 1. The molecule has 1 aromatic carbocycles. The summed E-state index contributed by atoms with van der Waals surface area (Å²) in [5.74, 6) is 2.13. The third-order valence-corrected chi connectivity index (χ3v) is 8.12. The Kier molecular flexibility index (Phi) is 8.10. The van der Waals surface area contributed by atoms with Crippen molar-refractivity contribution in [1.29, 1.82) is 0 Å². The maximum atomic E-state index is 14.7. The molecule has 2 aliphatic rings. The molecule has 2 saturated heterocycles. The maximum absolute atomic E-state index is 14.7. The molecule has 6 rings (SSSR count).